The first-order valence-corrected chi connectivity index (χ1v) is 6.22. The molecule has 0 bridgehead atoms. The van der Waals surface area contributed by atoms with E-state index < -0.39 is 22.3 Å². The molecule has 8 heteroatoms. The number of amides is 1. The van der Waals surface area contributed by atoms with Gasteiger partial charge in [0.1, 0.15) is 6.04 Å². The zero-order valence-corrected chi connectivity index (χ0v) is 9.66. The van der Waals surface area contributed by atoms with Crippen molar-refractivity contribution in [3.8, 4) is 6.07 Å². The van der Waals surface area contributed by atoms with Crippen molar-refractivity contribution < 1.29 is 17.9 Å². The van der Waals surface area contributed by atoms with E-state index >= 15 is 0 Å². The van der Waals surface area contributed by atoms with Gasteiger partial charge < -0.3 is 4.74 Å². The van der Waals surface area contributed by atoms with Crippen LogP contribution in [0.15, 0.2) is 0 Å². The molecule has 0 spiro atoms. The predicted molar refractivity (Wildman–Crippen MR) is 54.4 cm³/mol. The Bertz CT molecular complexity index is 400. The Labute approximate surface area is 94.2 Å². The van der Waals surface area contributed by atoms with Crippen molar-refractivity contribution in [3.63, 3.8) is 0 Å². The molecule has 1 rings (SSSR count). The minimum absolute atomic E-state index is 0.241. The summed E-state index contributed by atoms with van der Waals surface area (Å²) in [5.41, 5.74) is 0. The third-order valence-electron chi connectivity index (χ3n) is 2.31. The Balaban J connectivity index is 2.81. The third-order valence-corrected chi connectivity index (χ3v) is 3.79. The maximum Gasteiger partial charge on any atom is 0.421 e. The summed E-state index contributed by atoms with van der Waals surface area (Å²) in [6, 6.07) is 1.19. The summed E-state index contributed by atoms with van der Waals surface area (Å²) in [6.45, 7) is 0.241. The third kappa shape index (κ3) is 2.84. The molecular weight excluding hydrogens is 234 g/mol. The van der Waals surface area contributed by atoms with Crippen molar-refractivity contribution in [1.82, 2.24) is 9.03 Å². The fraction of sp³-hybridized carbons (Fsp3) is 0.750. The van der Waals surface area contributed by atoms with E-state index in [4.69, 9.17) is 5.26 Å². The van der Waals surface area contributed by atoms with Crippen LogP contribution in [0.25, 0.3) is 0 Å². The lowest BCUT2D eigenvalue weighted by atomic mass is 10.1. The zero-order valence-electron chi connectivity index (χ0n) is 8.84. The second kappa shape index (κ2) is 5.14. The molecule has 1 N–H and O–H groups in total. The molecule has 7 nitrogen and oxygen atoms in total. The van der Waals surface area contributed by atoms with Crippen LogP contribution in [0, 0.1) is 11.3 Å². The average molecular weight is 247 g/mol. The van der Waals surface area contributed by atoms with E-state index in [9.17, 15) is 13.2 Å². The number of carbonyl (C=O) groups excluding carboxylic acids is 1. The quantitative estimate of drug-likeness (QED) is 0.738. The summed E-state index contributed by atoms with van der Waals surface area (Å²) in [5.74, 6) is 0. The normalized spacial score (nSPS) is 22.1. The Hall–Kier alpha value is -1.33. The molecule has 0 saturated carbocycles. The average Bonchev–Trinajstić information content (AvgIpc) is 2.28. The molecule has 0 aromatic rings. The van der Waals surface area contributed by atoms with Crippen molar-refractivity contribution >= 4 is 16.3 Å². The van der Waals surface area contributed by atoms with Gasteiger partial charge in [0.05, 0.1) is 13.2 Å². The molecule has 90 valence electrons. The van der Waals surface area contributed by atoms with E-state index in [0.717, 1.165) is 17.8 Å². The molecular formula is C8H13N3O4S. The van der Waals surface area contributed by atoms with Gasteiger partial charge in [-0.3, -0.25) is 0 Å². The second-order valence-electron chi connectivity index (χ2n) is 3.35. The van der Waals surface area contributed by atoms with Gasteiger partial charge in [0.15, 0.2) is 0 Å². The molecule has 0 radical (unpaired) electrons. The molecule has 0 aromatic heterocycles. The fourth-order valence-corrected chi connectivity index (χ4v) is 2.80. The van der Waals surface area contributed by atoms with Crippen LogP contribution < -0.4 is 4.72 Å². The molecule has 0 aliphatic carbocycles. The van der Waals surface area contributed by atoms with Crippen LogP contribution in [-0.4, -0.2) is 38.5 Å². The van der Waals surface area contributed by atoms with Crippen molar-refractivity contribution in [1.29, 1.82) is 5.26 Å². The highest BCUT2D eigenvalue weighted by molar-refractivity contribution is 7.87. The minimum Gasteiger partial charge on any atom is -0.452 e. The Kier molecular flexibility index (Phi) is 4.09. The first kappa shape index (κ1) is 12.7. The maximum absolute atomic E-state index is 11.7. The highest BCUT2D eigenvalue weighted by atomic mass is 32.2. The van der Waals surface area contributed by atoms with Crippen LogP contribution in [0.1, 0.15) is 19.3 Å². The van der Waals surface area contributed by atoms with Crippen LogP contribution in [0.2, 0.25) is 0 Å². The molecule has 1 aliphatic rings. The number of ether oxygens (including phenoxy) is 1. The smallest absolute Gasteiger partial charge is 0.421 e. The number of nitriles is 1. The van der Waals surface area contributed by atoms with Crippen molar-refractivity contribution in [3.05, 3.63) is 0 Å². The molecule has 1 saturated heterocycles. The molecule has 1 unspecified atom stereocenters. The number of carbonyl (C=O) groups is 1. The maximum atomic E-state index is 11.7. The standard InChI is InChI=1S/C8H13N3O4S/c1-15-8(12)10-16(13,14)11-5-3-2-4-7(11)6-9/h7H,2-5H2,1H3,(H,10,12). The lowest BCUT2D eigenvalue weighted by Crippen LogP contribution is -2.50. The summed E-state index contributed by atoms with van der Waals surface area (Å²) in [7, 11) is -2.90. The van der Waals surface area contributed by atoms with E-state index in [-0.39, 0.29) is 6.54 Å². The number of nitrogens with zero attached hydrogens (tertiary/aromatic N) is 2. The molecule has 1 atom stereocenters. The summed E-state index contributed by atoms with van der Waals surface area (Å²) in [4.78, 5) is 10.8. The topological polar surface area (TPSA) is 99.5 Å². The van der Waals surface area contributed by atoms with Crippen LogP contribution in [0.4, 0.5) is 4.79 Å². The number of nitrogens with one attached hydrogen (secondary N) is 1. The van der Waals surface area contributed by atoms with E-state index in [2.05, 4.69) is 4.74 Å². The van der Waals surface area contributed by atoms with Crippen LogP contribution in [0.5, 0.6) is 0 Å². The molecule has 16 heavy (non-hydrogen) atoms. The lowest BCUT2D eigenvalue weighted by Gasteiger charge is -2.29. The van der Waals surface area contributed by atoms with E-state index in [0.29, 0.717) is 12.8 Å². The van der Waals surface area contributed by atoms with Gasteiger partial charge in [-0.2, -0.15) is 18.0 Å². The zero-order chi connectivity index (χ0) is 12.2. The van der Waals surface area contributed by atoms with Gasteiger partial charge in [-0.25, -0.2) is 9.52 Å². The van der Waals surface area contributed by atoms with Crippen molar-refractivity contribution in [2.24, 2.45) is 0 Å². The summed E-state index contributed by atoms with van der Waals surface area (Å²) < 4.78 is 30.3. The van der Waals surface area contributed by atoms with E-state index in [1.165, 1.54) is 0 Å². The predicted octanol–water partition coefficient (Wildman–Crippen LogP) is -0.0347. The fourth-order valence-electron chi connectivity index (χ4n) is 1.53. The van der Waals surface area contributed by atoms with Crippen LogP contribution in [0.3, 0.4) is 0 Å². The Morgan fingerprint density at radius 1 is 1.56 bits per heavy atom. The van der Waals surface area contributed by atoms with Crippen molar-refractivity contribution in [2.45, 2.75) is 25.3 Å². The van der Waals surface area contributed by atoms with Gasteiger partial charge in [-0.15, -0.1) is 0 Å². The van der Waals surface area contributed by atoms with E-state index in [1.807, 2.05) is 6.07 Å². The highest BCUT2D eigenvalue weighted by Crippen LogP contribution is 2.18. The minimum atomic E-state index is -3.97. The largest absolute Gasteiger partial charge is 0.452 e. The van der Waals surface area contributed by atoms with Gasteiger partial charge in [-0.1, -0.05) is 0 Å². The van der Waals surface area contributed by atoms with Gasteiger partial charge in [-0.05, 0) is 19.3 Å². The Morgan fingerprint density at radius 3 is 2.81 bits per heavy atom. The summed E-state index contributed by atoms with van der Waals surface area (Å²) in [5, 5.41) is 8.82. The monoisotopic (exact) mass is 247 g/mol. The Morgan fingerprint density at radius 2 is 2.25 bits per heavy atom. The summed E-state index contributed by atoms with van der Waals surface area (Å²) >= 11 is 0. The molecule has 1 aliphatic heterocycles. The summed E-state index contributed by atoms with van der Waals surface area (Å²) in [6.07, 6.45) is 0.920. The first-order valence-electron chi connectivity index (χ1n) is 4.78. The molecule has 1 amide bonds. The van der Waals surface area contributed by atoms with Gasteiger partial charge >= 0.3 is 16.3 Å². The number of rotatable bonds is 2. The van der Waals surface area contributed by atoms with E-state index in [1.54, 1.807) is 4.72 Å². The second-order valence-corrected chi connectivity index (χ2v) is 4.97. The van der Waals surface area contributed by atoms with Crippen LogP contribution in [-0.2, 0) is 14.9 Å². The first-order chi connectivity index (χ1) is 7.51. The number of hydrogen-bond acceptors (Lipinski definition) is 5. The molecule has 1 fully saturated rings. The highest BCUT2D eigenvalue weighted by Gasteiger charge is 2.33. The van der Waals surface area contributed by atoms with Crippen molar-refractivity contribution in [2.75, 3.05) is 13.7 Å². The van der Waals surface area contributed by atoms with Gasteiger partial charge in [0.2, 0.25) is 0 Å². The molecule has 1 heterocycles. The number of methoxy groups -OCH3 is 1. The SMILES string of the molecule is COC(=O)NS(=O)(=O)N1CCCCC1C#N. The number of hydrogen-bond donors (Lipinski definition) is 1. The van der Waals surface area contributed by atoms with Gasteiger partial charge in [0.25, 0.3) is 0 Å². The molecule has 0 aromatic carbocycles. The van der Waals surface area contributed by atoms with Crippen LogP contribution >= 0.6 is 0 Å². The number of piperidine rings is 1. The van der Waals surface area contributed by atoms with Gasteiger partial charge in [0, 0.05) is 6.54 Å². The lowest BCUT2D eigenvalue weighted by molar-refractivity contribution is 0.176.